The summed E-state index contributed by atoms with van der Waals surface area (Å²) in [6.45, 7) is 8.86. The minimum absolute atomic E-state index is 0.0909. The molecule has 0 fully saturated rings. The van der Waals surface area contributed by atoms with Crippen molar-refractivity contribution in [3.8, 4) is 17.2 Å². The molecule has 0 saturated heterocycles. The van der Waals surface area contributed by atoms with Gasteiger partial charge in [-0.25, -0.2) is 4.79 Å². The van der Waals surface area contributed by atoms with E-state index < -0.39 is 18.1 Å². The topological polar surface area (TPSA) is 125 Å². The summed E-state index contributed by atoms with van der Waals surface area (Å²) in [5.41, 5.74) is 7.84. The van der Waals surface area contributed by atoms with Crippen LogP contribution in [0.2, 0.25) is 10.0 Å². The molecule has 2 aliphatic rings. The average molecular weight is 848 g/mol. The zero-order valence-electron chi connectivity index (χ0n) is 33.6. The first-order chi connectivity index (χ1) is 29.2. The highest BCUT2D eigenvalue weighted by atomic mass is 35.5. The van der Waals surface area contributed by atoms with Crippen molar-refractivity contribution in [1.29, 1.82) is 0 Å². The Bertz CT molecular complexity index is 2340. The van der Waals surface area contributed by atoms with Gasteiger partial charge in [0, 0.05) is 25.2 Å². The van der Waals surface area contributed by atoms with Crippen LogP contribution in [0.5, 0.6) is 17.2 Å². The fourth-order valence-electron chi connectivity index (χ4n) is 7.93. The molecule has 0 radical (unpaired) electrons. The number of nitrogens with one attached hydrogen (secondary N) is 1. The van der Waals surface area contributed by atoms with Crippen LogP contribution in [0.15, 0.2) is 120 Å². The molecule has 0 bridgehead atoms. The maximum Gasteiger partial charge on any atom is 0.347 e. The number of ether oxygens (including phenoxy) is 3. The Morgan fingerprint density at radius 3 is 2.35 bits per heavy atom. The van der Waals surface area contributed by atoms with Crippen molar-refractivity contribution in [3.63, 3.8) is 0 Å². The van der Waals surface area contributed by atoms with E-state index in [1.54, 1.807) is 18.3 Å². The summed E-state index contributed by atoms with van der Waals surface area (Å²) in [5.74, 6) is 6.36. The number of nitrogens with two attached hydrogens (primary N) is 1. The molecule has 0 spiro atoms. The lowest BCUT2D eigenvalue weighted by Gasteiger charge is -2.42. The zero-order valence-corrected chi connectivity index (χ0v) is 35.1. The fourth-order valence-corrected chi connectivity index (χ4v) is 8.25. The van der Waals surface area contributed by atoms with Gasteiger partial charge in [0.1, 0.15) is 25.0 Å². The Hall–Kier alpha value is -5.65. The molecule has 5 aromatic carbocycles. The van der Waals surface area contributed by atoms with Gasteiger partial charge in [-0.2, -0.15) is 5.90 Å². The molecule has 4 unspecified atom stereocenters. The lowest BCUT2D eigenvalue weighted by Crippen LogP contribution is -2.55. The van der Waals surface area contributed by atoms with Gasteiger partial charge in [0.2, 0.25) is 5.91 Å². The highest BCUT2D eigenvalue weighted by Crippen LogP contribution is 2.42. The summed E-state index contributed by atoms with van der Waals surface area (Å²) in [5, 5.41) is 4.00. The number of carbonyl (C=O) groups is 2. The predicted octanol–water partition coefficient (Wildman–Crippen LogP) is 9.56. The van der Waals surface area contributed by atoms with Gasteiger partial charge in [0.25, 0.3) is 0 Å². The van der Waals surface area contributed by atoms with Gasteiger partial charge in [-0.15, -0.1) is 0 Å². The number of amides is 1. The molecule has 7 rings (SSSR count). The Morgan fingerprint density at radius 1 is 0.933 bits per heavy atom. The molecule has 0 saturated carbocycles. The normalized spacial score (nSPS) is 17.2. The second-order valence-corrected chi connectivity index (χ2v) is 15.7. The minimum Gasteiger partial charge on any atom is -0.489 e. The first-order valence-corrected chi connectivity index (χ1v) is 20.8. The van der Waals surface area contributed by atoms with Gasteiger partial charge in [-0.1, -0.05) is 110 Å². The molecule has 10 nitrogen and oxygen atoms in total. The monoisotopic (exact) mass is 846 g/mol. The van der Waals surface area contributed by atoms with Crippen molar-refractivity contribution in [1.82, 2.24) is 10.2 Å². The lowest BCUT2D eigenvalue weighted by atomic mass is 9.89. The van der Waals surface area contributed by atoms with Crippen LogP contribution >= 0.6 is 23.2 Å². The highest BCUT2D eigenvalue weighted by Gasteiger charge is 2.39. The third-order valence-electron chi connectivity index (χ3n) is 11.1. The van der Waals surface area contributed by atoms with Crippen molar-refractivity contribution in [3.05, 3.63) is 164 Å². The van der Waals surface area contributed by atoms with Crippen LogP contribution in [0.3, 0.4) is 0 Å². The summed E-state index contributed by atoms with van der Waals surface area (Å²) in [6.07, 6.45) is 3.52. The van der Waals surface area contributed by atoms with Crippen LogP contribution in [-0.2, 0) is 40.4 Å². The van der Waals surface area contributed by atoms with E-state index in [1.807, 2.05) is 91.9 Å². The number of nitrogens with zero attached hydrogens (tertiary/aromatic N) is 2. The molecule has 12 heteroatoms. The van der Waals surface area contributed by atoms with E-state index in [1.165, 1.54) is 0 Å². The number of carbonyl (C=O) groups excluding carboxylic acids is 2. The van der Waals surface area contributed by atoms with Gasteiger partial charge in [0.15, 0.2) is 17.6 Å². The number of hydrogen-bond acceptors (Lipinski definition) is 9. The van der Waals surface area contributed by atoms with Gasteiger partial charge >= 0.3 is 5.97 Å². The summed E-state index contributed by atoms with van der Waals surface area (Å²) >= 11 is 12.2. The molecule has 310 valence electrons. The standard InChI is InChI=1S/C48H48Cl2N4O6/c1-4-32(26-52-3)33-14-11-30(12-15-33)22-41(48(56)60-51)53-47(55)43-23-36-24-44-45(25-37(36)27-54(43)42(5-2)34-9-7-6-8-10-34)59-46(29-58-44)35-16-18-38(19-17-35)57-28-31-13-20-39(49)40(50)21-31/h6-21,24-26,41-43,46H,3-5,22-23,27-29,51H2,1-2H3,(H,53,55). The Kier molecular flexibility index (Phi) is 13.9. The number of fused-ring (bicyclic) bond motifs is 2. The third kappa shape index (κ3) is 9.86. The number of rotatable bonds is 15. The first kappa shape index (κ1) is 42.5. The summed E-state index contributed by atoms with van der Waals surface area (Å²) in [7, 11) is 0. The molecule has 1 amide bonds. The lowest BCUT2D eigenvalue weighted by molar-refractivity contribution is -0.149. The van der Waals surface area contributed by atoms with E-state index in [9.17, 15) is 9.59 Å². The van der Waals surface area contributed by atoms with Gasteiger partial charge < -0.3 is 24.4 Å². The second-order valence-electron chi connectivity index (χ2n) is 14.9. The van der Waals surface area contributed by atoms with E-state index in [0.717, 1.165) is 57.4 Å². The third-order valence-corrected chi connectivity index (χ3v) is 11.9. The minimum atomic E-state index is -1.01. The van der Waals surface area contributed by atoms with E-state index in [4.69, 9.17) is 48.1 Å². The van der Waals surface area contributed by atoms with Crippen molar-refractivity contribution >= 4 is 47.4 Å². The van der Waals surface area contributed by atoms with Crippen molar-refractivity contribution in [2.45, 2.75) is 76.9 Å². The molecule has 60 heavy (non-hydrogen) atoms. The first-order valence-electron chi connectivity index (χ1n) is 20.1. The van der Waals surface area contributed by atoms with E-state index in [2.05, 4.69) is 41.0 Å². The molecule has 2 aliphatic heterocycles. The van der Waals surface area contributed by atoms with Gasteiger partial charge in [0.05, 0.1) is 16.1 Å². The Labute approximate surface area is 360 Å². The Morgan fingerprint density at radius 2 is 1.67 bits per heavy atom. The van der Waals surface area contributed by atoms with Crippen LogP contribution in [0.25, 0.3) is 5.57 Å². The van der Waals surface area contributed by atoms with Crippen LogP contribution in [-0.4, -0.2) is 42.2 Å². The van der Waals surface area contributed by atoms with Crippen LogP contribution in [0.1, 0.15) is 77.8 Å². The SMILES string of the molecule is C=NC=C(CC)c1ccc(CC(NC(=O)C2Cc3cc4c(cc3CN2C(CC)c2ccccc2)OC(c2ccc(OCc3ccc(Cl)c(Cl)c3)cc2)CO4)C(=O)ON)cc1. The van der Waals surface area contributed by atoms with Crippen molar-refractivity contribution in [2.75, 3.05) is 6.61 Å². The average Bonchev–Trinajstić information content (AvgIpc) is 3.28. The van der Waals surface area contributed by atoms with E-state index >= 15 is 0 Å². The molecular formula is C48H48Cl2N4O6. The molecular weight excluding hydrogens is 799 g/mol. The number of allylic oxidation sites excluding steroid dienone is 1. The molecule has 5 aromatic rings. The summed E-state index contributed by atoms with van der Waals surface area (Å²) in [4.78, 5) is 38.4. The smallest absolute Gasteiger partial charge is 0.347 e. The molecule has 0 aliphatic carbocycles. The summed E-state index contributed by atoms with van der Waals surface area (Å²) in [6, 6.07) is 33.5. The highest BCUT2D eigenvalue weighted by molar-refractivity contribution is 6.42. The van der Waals surface area contributed by atoms with E-state index in [0.29, 0.717) is 53.5 Å². The van der Waals surface area contributed by atoms with Gasteiger partial charge in [-0.3, -0.25) is 14.7 Å². The van der Waals surface area contributed by atoms with Gasteiger partial charge in [-0.05, 0) is 107 Å². The largest absolute Gasteiger partial charge is 0.489 e. The molecule has 4 atom stereocenters. The number of aliphatic imine (C=N–C) groups is 1. The molecule has 3 N–H and O–H groups in total. The molecule has 0 aromatic heterocycles. The Balaban J connectivity index is 1.09. The quantitative estimate of drug-likeness (QED) is 0.0789. The fraction of sp³-hybridized carbons (Fsp3) is 0.271. The van der Waals surface area contributed by atoms with Crippen molar-refractivity contribution < 1.29 is 28.6 Å². The maximum atomic E-state index is 14.5. The number of halogens is 2. The van der Waals surface area contributed by atoms with E-state index in [-0.39, 0.29) is 24.5 Å². The number of hydrogen-bond donors (Lipinski definition) is 2. The summed E-state index contributed by atoms with van der Waals surface area (Å²) < 4.78 is 18.9. The van der Waals surface area contributed by atoms with Crippen molar-refractivity contribution in [2.24, 2.45) is 10.9 Å². The van der Waals surface area contributed by atoms with Crippen LogP contribution in [0, 0.1) is 0 Å². The zero-order chi connectivity index (χ0) is 42.2. The van der Waals surface area contributed by atoms with Crippen LogP contribution < -0.4 is 25.4 Å². The second kappa shape index (κ2) is 19.6. The van der Waals surface area contributed by atoms with Crippen LogP contribution in [0.4, 0.5) is 0 Å². The molecule has 2 heterocycles. The number of benzene rings is 5. The maximum absolute atomic E-state index is 14.5. The predicted molar refractivity (Wildman–Crippen MR) is 235 cm³/mol.